The first-order valence-electron chi connectivity index (χ1n) is 14.6. The van der Waals surface area contributed by atoms with Gasteiger partial charge >= 0.3 is 0 Å². The van der Waals surface area contributed by atoms with E-state index in [1.807, 2.05) is 52.0 Å². The summed E-state index contributed by atoms with van der Waals surface area (Å²) in [6.07, 6.45) is 1.02. The lowest BCUT2D eigenvalue weighted by Crippen LogP contribution is -2.53. The van der Waals surface area contributed by atoms with Crippen molar-refractivity contribution in [2.75, 3.05) is 32.2 Å². The predicted molar refractivity (Wildman–Crippen MR) is 176 cm³/mol. The van der Waals surface area contributed by atoms with Crippen molar-refractivity contribution < 1.29 is 32.2 Å². The molecule has 0 heterocycles. The van der Waals surface area contributed by atoms with Crippen LogP contribution >= 0.6 is 11.6 Å². The maximum atomic E-state index is 14.4. The molecule has 0 aliphatic heterocycles. The van der Waals surface area contributed by atoms with Gasteiger partial charge in [0.2, 0.25) is 11.8 Å². The molecule has 1 N–H and O–H groups in total. The van der Waals surface area contributed by atoms with Crippen molar-refractivity contribution in [2.24, 2.45) is 0 Å². The second-order valence-corrected chi connectivity index (χ2v) is 12.8. The summed E-state index contributed by atoms with van der Waals surface area (Å²) in [5.41, 5.74) is 1.81. The van der Waals surface area contributed by atoms with Crippen molar-refractivity contribution in [3.05, 3.63) is 76.8 Å². The largest absolute Gasteiger partial charge is 0.495 e. The summed E-state index contributed by atoms with van der Waals surface area (Å²) in [6, 6.07) is 15.2. The van der Waals surface area contributed by atoms with Crippen molar-refractivity contribution in [3.63, 3.8) is 0 Å². The number of ether oxygens (including phenoxy) is 3. The van der Waals surface area contributed by atoms with Crippen LogP contribution < -0.4 is 23.8 Å². The molecule has 0 spiro atoms. The van der Waals surface area contributed by atoms with Crippen molar-refractivity contribution in [2.45, 2.75) is 64.1 Å². The lowest BCUT2D eigenvalue weighted by Gasteiger charge is -2.34. The van der Waals surface area contributed by atoms with Gasteiger partial charge in [-0.3, -0.25) is 13.9 Å². The normalized spacial score (nSPS) is 12.5. The Morgan fingerprint density at radius 2 is 1.53 bits per heavy atom. The summed E-state index contributed by atoms with van der Waals surface area (Å²) in [7, 11) is -0.200. The van der Waals surface area contributed by atoms with Crippen LogP contribution in [0.15, 0.2) is 65.6 Å². The van der Waals surface area contributed by atoms with Crippen LogP contribution in [0.5, 0.6) is 17.2 Å². The van der Waals surface area contributed by atoms with Crippen LogP contribution in [-0.2, 0) is 26.2 Å². The lowest BCUT2D eigenvalue weighted by atomic mass is 10.1. The molecule has 0 bridgehead atoms. The molecule has 244 valence electrons. The molecule has 0 saturated heterocycles. The number of methoxy groups -OCH3 is 3. The Morgan fingerprint density at radius 3 is 2.13 bits per heavy atom. The summed E-state index contributed by atoms with van der Waals surface area (Å²) < 4.78 is 45.9. The summed E-state index contributed by atoms with van der Waals surface area (Å²) in [4.78, 5) is 29.2. The highest BCUT2D eigenvalue weighted by Gasteiger charge is 2.35. The van der Waals surface area contributed by atoms with Crippen LogP contribution in [0.3, 0.4) is 0 Å². The van der Waals surface area contributed by atoms with E-state index in [2.05, 4.69) is 5.32 Å². The molecule has 0 aliphatic carbocycles. The quantitative estimate of drug-likeness (QED) is 0.226. The number of nitrogens with zero attached hydrogens (tertiary/aromatic N) is 2. The minimum atomic E-state index is -4.44. The number of nitrogens with one attached hydrogen (secondary N) is 1. The van der Waals surface area contributed by atoms with Gasteiger partial charge in [-0.2, -0.15) is 0 Å². The highest BCUT2D eigenvalue weighted by molar-refractivity contribution is 7.92. The fraction of sp³-hybridized carbons (Fsp3) is 0.394. The van der Waals surface area contributed by atoms with Gasteiger partial charge in [-0.1, -0.05) is 49.7 Å². The zero-order valence-corrected chi connectivity index (χ0v) is 28.4. The van der Waals surface area contributed by atoms with Gasteiger partial charge in [0.1, 0.15) is 18.3 Å². The molecule has 3 aromatic rings. The van der Waals surface area contributed by atoms with Crippen LogP contribution in [0.2, 0.25) is 5.02 Å². The molecule has 0 radical (unpaired) electrons. The average Bonchev–Trinajstić information content (AvgIpc) is 3.03. The Morgan fingerprint density at radius 1 is 0.889 bits per heavy atom. The van der Waals surface area contributed by atoms with Crippen molar-refractivity contribution in [1.82, 2.24) is 10.2 Å². The summed E-state index contributed by atoms with van der Waals surface area (Å²) in [6.45, 7) is 7.03. The predicted octanol–water partition coefficient (Wildman–Crippen LogP) is 5.59. The van der Waals surface area contributed by atoms with Crippen molar-refractivity contribution >= 4 is 39.1 Å². The third kappa shape index (κ3) is 8.40. The van der Waals surface area contributed by atoms with Gasteiger partial charge in [0.05, 0.1) is 31.9 Å². The van der Waals surface area contributed by atoms with E-state index in [0.29, 0.717) is 18.6 Å². The average molecular weight is 660 g/mol. The summed E-state index contributed by atoms with van der Waals surface area (Å²) in [5, 5.41) is 3.22. The van der Waals surface area contributed by atoms with Crippen LogP contribution in [0, 0.1) is 6.92 Å². The minimum absolute atomic E-state index is 0.0566. The van der Waals surface area contributed by atoms with Gasteiger partial charge in [0.25, 0.3) is 10.0 Å². The molecular formula is C33H42ClN3O7S. The molecule has 0 saturated carbocycles. The molecule has 0 aliphatic rings. The number of hydrogen-bond donors (Lipinski definition) is 1. The third-order valence-corrected chi connectivity index (χ3v) is 9.61. The number of amides is 2. The first-order valence-corrected chi connectivity index (χ1v) is 16.5. The van der Waals surface area contributed by atoms with E-state index in [-0.39, 0.29) is 45.6 Å². The second-order valence-electron chi connectivity index (χ2n) is 10.5. The van der Waals surface area contributed by atoms with Gasteiger partial charge in [-0.25, -0.2) is 8.42 Å². The van der Waals surface area contributed by atoms with Crippen molar-refractivity contribution in [1.29, 1.82) is 0 Å². The number of aryl methyl sites for hydroxylation is 1. The third-order valence-electron chi connectivity index (χ3n) is 7.62. The van der Waals surface area contributed by atoms with Gasteiger partial charge in [-0.15, -0.1) is 0 Å². The number of sulfonamides is 1. The first-order chi connectivity index (χ1) is 21.4. The fourth-order valence-corrected chi connectivity index (χ4v) is 6.41. The first kappa shape index (κ1) is 35.5. The van der Waals surface area contributed by atoms with Crippen molar-refractivity contribution in [3.8, 4) is 17.2 Å². The Labute approximate surface area is 271 Å². The molecular weight excluding hydrogens is 618 g/mol. The highest BCUT2D eigenvalue weighted by atomic mass is 35.5. The van der Waals surface area contributed by atoms with E-state index in [1.165, 1.54) is 56.6 Å². The molecule has 3 aromatic carbocycles. The molecule has 2 amide bonds. The second kappa shape index (κ2) is 15.9. The number of halogens is 1. The van der Waals surface area contributed by atoms with Crippen LogP contribution in [0.1, 0.15) is 44.7 Å². The zero-order chi connectivity index (χ0) is 33.3. The van der Waals surface area contributed by atoms with Gasteiger partial charge in [0.15, 0.2) is 11.5 Å². The molecule has 0 unspecified atom stereocenters. The van der Waals surface area contributed by atoms with E-state index >= 15 is 0 Å². The Balaban J connectivity index is 2.19. The van der Waals surface area contributed by atoms with E-state index in [0.717, 1.165) is 15.4 Å². The van der Waals surface area contributed by atoms with E-state index < -0.39 is 28.5 Å². The fourth-order valence-electron chi connectivity index (χ4n) is 4.81. The molecule has 0 fully saturated rings. The number of rotatable bonds is 15. The number of benzene rings is 3. The summed E-state index contributed by atoms with van der Waals surface area (Å²) >= 11 is 6.34. The zero-order valence-electron chi connectivity index (χ0n) is 26.8. The van der Waals surface area contributed by atoms with Crippen LogP contribution in [-0.4, -0.2) is 65.1 Å². The Hall–Kier alpha value is -3.96. The van der Waals surface area contributed by atoms with Gasteiger partial charge in [-0.05, 0) is 68.1 Å². The monoisotopic (exact) mass is 659 g/mol. The SMILES string of the molecule is CC[C@H](C(=O)N[C@@H](C)CC)N(Cc1ccccc1C)C(=O)CN(c1cc(Cl)ccc1OC)S(=O)(=O)c1ccc(OC)c(OC)c1. The standard InChI is InChI=1S/C33H42ClN3O7S/c1-8-23(4)35-33(39)27(9-2)36(20-24-13-11-10-12-22(24)3)32(38)21-37(28-18-25(34)14-16-29(28)42-5)45(40,41)26-15-17-30(43-6)31(19-26)44-7/h10-19,23,27H,8-9,20-21H2,1-7H3,(H,35,39)/t23-,27+/m0/s1. The molecule has 3 rings (SSSR count). The number of carbonyl (C=O) groups is 2. The van der Waals surface area contributed by atoms with Gasteiger partial charge < -0.3 is 24.4 Å². The lowest BCUT2D eigenvalue weighted by molar-refractivity contribution is -0.140. The Kier molecular flexibility index (Phi) is 12.5. The van der Waals surface area contributed by atoms with E-state index in [1.54, 1.807) is 6.07 Å². The minimum Gasteiger partial charge on any atom is -0.495 e. The summed E-state index contributed by atoms with van der Waals surface area (Å²) in [5.74, 6) is -0.194. The maximum Gasteiger partial charge on any atom is 0.265 e. The maximum absolute atomic E-state index is 14.4. The smallest absolute Gasteiger partial charge is 0.265 e. The molecule has 10 nitrogen and oxygen atoms in total. The number of hydrogen-bond acceptors (Lipinski definition) is 7. The Bertz CT molecular complexity index is 1600. The topological polar surface area (TPSA) is 114 Å². The van der Waals surface area contributed by atoms with Crippen LogP contribution in [0.25, 0.3) is 0 Å². The number of anilines is 1. The van der Waals surface area contributed by atoms with E-state index in [9.17, 15) is 18.0 Å². The van der Waals surface area contributed by atoms with E-state index in [4.69, 9.17) is 25.8 Å². The van der Waals surface area contributed by atoms with Gasteiger partial charge in [0, 0.05) is 23.7 Å². The molecule has 45 heavy (non-hydrogen) atoms. The van der Waals surface area contributed by atoms with Crippen LogP contribution in [0.4, 0.5) is 5.69 Å². The highest BCUT2D eigenvalue weighted by Crippen LogP contribution is 2.37. The molecule has 12 heteroatoms. The molecule has 2 atom stereocenters. The molecule has 0 aromatic heterocycles. The number of carbonyl (C=O) groups excluding carboxylic acids is 2.